The van der Waals surface area contributed by atoms with Gasteiger partial charge in [0.25, 0.3) is 0 Å². The van der Waals surface area contributed by atoms with E-state index in [0.29, 0.717) is 18.4 Å². The topological polar surface area (TPSA) is 110 Å². The zero-order chi connectivity index (χ0) is 20.1. The molecule has 0 radical (unpaired) electrons. The first-order chi connectivity index (χ1) is 12.7. The highest BCUT2D eigenvalue weighted by atomic mass is 16.6. The van der Waals surface area contributed by atoms with Crippen LogP contribution in [0.4, 0.5) is 0 Å². The maximum absolute atomic E-state index is 11.9. The van der Waals surface area contributed by atoms with Gasteiger partial charge in [0.05, 0.1) is 17.9 Å². The van der Waals surface area contributed by atoms with E-state index >= 15 is 0 Å². The third kappa shape index (κ3) is 5.07. The van der Waals surface area contributed by atoms with Crippen LogP contribution in [0.15, 0.2) is 35.5 Å². The van der Waals surface area contributed by atoms with Gasteiger partial charge in [-0.15, -0.1) is 0 Å². The number of hydrogen-bond donors (Lipinski definition) is 2. The molecule has 1 aliphatic carbocycles. The van der Waals surface area contributed by atoms with Crippen molar-refractivity contribution in [2.24, 2.45) is 11.8 Å². The van der Waals surface area contributed by atoms with Crippen molar-refractivity contribution in [2.75, 3.05) is 6.61 Å². The van der Waals surface area contributed by atoms with Crippen LogP contribution in [0, 0.1) is 11.8 Å². The lowest BCUT2D eigenvalue weighted by atomic mass is 9.85. The fourth-order valence-electron chi connectivity index (χ4n) is 3.16. The second-order valence-electron chi connectivity index (χ2n) is 7.01. The first-order valence-electron chi connectivity index (χ1n) is 9.10. The highest BCUT2D eigenvalue weighted by Gasteiger charge is 2.42. The van der Waals surface area contributed by atoms with Crippen molar-refractivity contribution >= 4 is 17.9 Å². The summed E-state index contributed by atoms with van der Waals surface area (Å²) >= 11 is 0. The van der Waals surface area contributed by atoms with Crippen molar-refractivity contribution in [1.82, 2.24) is 0 Å². The largest absolute Gasteiger partial charge is 0.478 e. The minimum atomic E-state index is -1.10. The van der Waals surface area contributed by atoms with Crippen LogP contribution < -0.4 is 0 Å². The Hall–Kier alpha value is -2.41. The molecular weight excluding hydrogens is 352 g/mol. The van der Waals surface area contributed by atoms with Gasteiger partial charge < -0.3 is 19.7 Å². The van der Waals surface area contributed by atoms with E-state index in [1.807, 2.05) is 6.92 Å². The van der Waals surface area contributed by atoms with Gasteiger partial charge in [-0.25, -0.2) is 9.59 Å². The summed E-state index contributed by atoms with van der Waals surface area (Å²) in [6.45, 7) is 7.37. The molecule has 1 aliphatic heterocycles. The minimum Gasteiger partial charge on any atom is -0.478 e. The minimum absolute atomic E-state index is 0.0189. The van der Waals surface area contributed by atoms with Crippen molar-refractivity contribution in [3.63, 3.8) is 0 Å². The molecule has 1 saturated heterocycles. The number of hydrogen-bond acceptors (Lipinski definition) is 6. The lowest BCUT2D eigenvalue weighted by molar-refractivity contribution is -0.147. The lowest BCUT2D eigenvalue weighted by Gasteiger charge is -2.24. The fourth-order valence-corrected chi connectivity index (χ4v) is 3.16. The Morgan fingerprint density at radius 2 is 2.15 bits per heavy atom. The number of fused-ring (bicyclic) bond motifs is 1. The SMILES string of the molecule is C=C1C(=O)O[C@@H]2/C=C(/C(=O)O)CC/C=C(/COC(=O)[C@H](C)CC)C[C@@H](O)[C@H]12. The van der Waals surface area contributed by atoms with Crippen LogP contribution in [-0.2, 0) is 23.9 Å². The van der Waals surface area contributed by atoms with Crippen LogP contribution in [0.3, 0.4) is 0 Å². The second kappa shape index (κ2) is 8.99. The van der Waals surface area contributed by atoms with Crippen LogP contribution >= 0.6 is 0 Å². The van der Waals surface area contributed by atoms with E-state index in [1.54, 1.807) is 13.0 Å². The Bertz CT molecular complexity index is 688. The average molecular weight is 378 g/mol. The molecule has 1 heterocycles. The highest BCUT2D eigenvalue weighted by molar-refractivity contribution is 5.92. The molecule has 148 valence electrons. The van der Waals surface area contributed by atoms with E-state index in [0.717, 1.165) is 0 Å². The number of carboxylic acid groups (broad SMARTS) is 1. The number of carbonyl (C=O) groups is 3. The number of aliphatic hydroxyl groups is 1. The quantitative estimate of drug-likeness (QED) is 0.428. The van der Waals surface area contributed by atoms with Crippen molar-refractivity contribution in [1.29, 1.82) is 0 Å². The number of allylic oxidation sites excluding steroid dienone is 1. The molecule has 2 aliphatic rings. The average Bonchev–Trinajstić information content (AvgIpc) is 2.90. The summed E-state index contributed by atoms with van der Waals surface area (Å²) in [4.78, 5) is 35.3. The molecule has 27 heavy (non-hydrogen) atoms. The number of aliphatic hydroxyl groups excluding tert-OH is 1. The molecule has 2 rings (SSSR count). The van der Waals surface area contributed by atoms with Gasteiger partial charge in [0, 0.05) is 11.1 Å². The van der Waals surface area contributed by atoms with Gasteiger partial charge in [-0.2, -0.15) is 0 Å². The van der Waals surface area contributed by atoms with Gasteiger partial charge in [0.15, 0.2) is 0 Å². The normalized spacial score (nSPS) is 30.9. The lowest BCUT2D eigenvalue weighted by Crippen LogP contribution is -2.30. The summed E-state index contributed by atoms with van der Waals surface area (Å²) in [6.07, 6.45) is 2.78. The number of carbonyl (C=O) groups excluding carboxylic acids is 2. The van der Waals surface area contributed by atoms with Crippen molar-refractivity contribution in [2.45, 2.75) is 51.7 Å². The number of ether oxygens (including phenoxy) is 2. The molecule has 7 nitrogen and oxygen atoms in total. The second-order valence-corrected chi connectivity index (χ2v) is 7.01. The van der Waals surface area contributed by atoms with Crippen LogP contribution in [0.1, 0.15) is 39.5 Å². The molecule has 2 N–H and O–H groups in total. The zero-order valence-corrected chi connectivity index (χ0v) is 15.6. The standard InChI is InChI=1S/C20H26O7/c1-4-11(2)19(24)26-10-13-6-5-7-14(18(22)23)9-16-17(15(21)8-13)12(3)20(25)27-16/h6,9,11,15-17,21H,3-5,7-8,10H2,1-2H3,(H,22,23)/b13-6+,14-9+/t11-,15-,16-,17+/m1/s1. The Kier molecular flexibility index (Phi) is 6.96. The third-order valence-electron chi connectivity index (χ3n) is 5.05. The molecule has 0 saturated carbocycles. The van der Waals surface area contributed by atoms with Crippen LogP contribution in [0.5, 0.6) is 0 Å². The first kappa shape index (κ1) is 20.9. The molecule has 4 atom stereocenters. The Labute approximate surface area is 158 Å². The van der Waals surface area contributed by atoms with E-state index in [-0.39, 0.29) is 42.5 Å². The first-order valence-corrected chi connectivity index (χ1v) is 9.10. The predicted octanol–water partition coefficient (Wildman–Crippen LogP) is 2.16. The Morgan fingerprint density at radius 3 is 2.78 bits per heavy atom. The van der Waals surface area contributed by atoms with E-state index in [2.05, 4.69) is 6.58 Å². The summed E-state index contributed by atoms with van der Waals surface area (Å²) < 4.78 is 10.5. The Balaban J connectivity index is 2.23. The van der Waals surface area contributed by atoms with E-state index in [9.17, 15) is 24.6 Å². The van der Waals surface area contributed by atoms with Crippen LogP contribution in [-0.4, -0.2) is 46.9 Å². The van der Waals surface area contributed by atoms with Crippen molar-refractivity contribution in [3.8, 4) is 0 Å². The van der Waals surface area contributed by atoms with E-state index < -0.39 is 30.1 Å². The molecule has 0 aromatic rings. The molecule has 0 aromatic carbocycles. The predicted molar refractivity (Wildman–Crippen MR) is 96.6 cm³/mol. The molecule has 0 aromatic heterocycles. The number of carboxylic acids is 1. The molecule has 0 bridgehead atoms. The van der Waals surface area contributed by atoms with Gasteiger partial charge in [0.1, 0.15) is 12.7 Å². The number of esters is 2. The van der Waals surface area contributed by atoms with Crippen molar-refractivity contribution < 1.29 is 34.1 Å². The van der Waals surface area contributed by atoms with Gasteiger partial charge in [0.2, 0.25) is 0 Å². The van der Waals surface area contributed by atoms with Crippen LogP contribution in [0.25, 0.3) is 0 Å². The van der Waals surface area contributed by atoms with Crippen molar-refractivity contribution in [3.05, 3.63) is 35.5 Å². The third-order valence-corrected chi connectivity index (χ3v) is 5.05. The highest BCUT2D eigenvalue weighted by Crippen LogP contribution is 2.34. The maximum atomic E-state index is 11.9. The Morgan fingerprint density at radius 1 is 1.44 bits per heavy atom. The summed E-state index contributed by atoms with van der Waals surface area (Å²) in [5, 5.41) is 20.0. The van der Waals surface area contributed by atoms with Crippen LogP contribution in [0.2, 0.25) is 0 Å². The zero-order valence-electron chi connectivity index (χ0n) is 15.6. The van der Waals surface area contributed by atoms with Gasteiger partial charge in [-0.05, 0) is 37.3 Å². The molecular formula is C20H26O7. The molecule has 0 spiro atoms. The molecule has 0 unspecified atom stereocenters. The summed E-state index contributed by atoms with van der Waals surface area (Å²) in [5.41, 5.74) is 0.899. The summed E-state index contributed by atoms with van der Waals surface area (Å²) in [5.74, 6) is -3.02. The summed E-state index contributed by atoms with van der Waals surface area (Å²) in [7, 11) is 0. The maximum Gasteiger partial charge on any atom is 0.334 e. The smallest absolute Gasteiger partial charge is 0.334 e. The number of rotatable bonds is 5. The van der Waals surface area contributed by atoms with Gasteiger partial charge in [-0.3, -0.25) is 4.79 Å². The van der Waals surface area contributed by atoms with Gasteiger partial charge >= 0.3 is 17.9 Å². The number of aliphatic carboxylic acids is 1. The fraction of sp³-hybridized carbons (Fsp3) is 0.550. The molecule has 0 amide bonds. The molecule has 7 heteroatoms. The monoisotopic (exact) mass is 378 g/mol. The van der Waals surface area contributed by atoms with E-state index in [1.165, 1.54) is 6.08 Å². The van der Waals surface area contributed by atoms with Gasteiger partial charge in [-0.1, -0.05) is 26.5 Å². The van der Waals surface area contributed by atoms with E-state index in [4.69, 9.17) is 9.47 Å². The summed E-state index contributed by atoms with van der Waals surface area (Å²) in [6, 6.07) is 0. The molecule has 1 fully saturated rings.